The van der Waals surface area contributed by atoms with Gasteiger partial charge in [0.15, 0.2) is 0 Å². The van der Waals surface area contributed by atoms with Crippen LogP contribution in [-0.4, -0.2) is 187 Å². The quantitative estimate of drug-likeness (QED) is 0.00958. The third kappa shape index (κ3) is 36.6. The van der Waals surface area contributed by atoms with Crippen LogP contribution < -0.4 is 36.1 Å². The van der Waals surface area contributed by atoms with Gasteiger partial charge in [0.05, 0.1) is 47.8 Å². The molecule has 532 valence electrons. The van der Waals surface area contributed by atoms with E-state index in [0.717, 1.165) is 211 Å². The summed E-state index contributed by atoms with van der Waals surface area (Å²) >= 11 is 10.7. The van der Waals surface area contributed by atoms with E-state index in [-0.39, 0.29) is 43.6 Å². The Bertz CT molecular complexity index is 2850. The molecule has 29 nitrogen and oxygen atoms in total. The minimum absolute atomic E-state index is 0. The normalized spacial score (nSPS) is 12.2. The van der Waals surface area contributed by atoms with Crippen LogP contribution in [0.2, 0.25) is 4.47 Å². The van der Waals surface area contributed by atoms with Gasteiger partial charge in [-0.1, -0.05) is 58.8 Å². The summed E-state index contributed by atoms with van der Waals surface area (Å²) < 4.78 is 41.7. The Morgan fingerprint density at radius 1 is 0.547 bits per heavy atom. The molecular formula is C60H99Cl2N19O10S4. The lowest BCUT2D eigenvalue weighted by Crippen LogP contribution is -2.37. The number of morpholine rings is 2. The molecule has 0 radical (unpaired) electrons. The summed E-state index contributed by atoms with van der Waals surface area (Å²) in [6, 6.07) is 3.81. The molecule has 2 aliphatic rings. The maximum atomic E-state index is 11.2. The number of carbonyl (C=O) groups excluding carboxylic acids is 4. The van der Waals surface area contributed by atoms with Crippen molar-refractivity contribution in [2.45, 2.75) is 164 Å². The molecule has 0 aliphatic carbocycles. The zero-order valence-corrected chi connectivity index (χ0v) is 60.0. The van der Waals surface area contributed by atoms with Crippen LogP contribution >= 0.6 is 70.1 Å². The number of halogens is 2. The number of carbonyl (C=O) groups is 4. The first-order chi connectivity index (χ1) is 45.2. The molecule has 0 spiro atoms. The molecule has 2 saturated heterocycles. The number of nitrogens with zero attached hydrogens (tertiary/aromatic N) is 16. The molecule has 0 aromatic carbocycles. The number of nitrogens with two attached hydrogens (primary N) is 1. The molecule has 95 heavy (non-hydrogen) atoms. The lowest BCUT2D eigenvalue weighted by atomic mass is 10.1. The number of nitrogens with one attached hydrogen (secondary N) is 2. The Kier molecular flexibility index (Phi) is 46.3. The number of aromatic nitrogens is 12. The number of hydrogen-bond donors (Lipinski definition) is 4. The maximum absolute atomic E-state index is 11.2. The van der Waals surface area contributed by atoms with Gasteiger partial charge in [-0.3, -0.25) is 24.4 Å². The Balaban J connectivity index is 0.000000434. The first-order valence-electron chi connectivity index (χ1n) is 31.5. The van der Waals surface area contributed by atoms with E-state index >= 15 is 0 Å². The number of anilines is 7. The van der Waals surface area contributed by atoms with Gasteiger partial charge in [0, 0.05) is 118 Å². The number of unbranched alkanes of at least 4 members (excludes halogenated alkanes) is 12. The molecule has 8 rings (SSSR count). The Labute approximate surface area is 586 Å². The maximum Gasteiger partial charge on any atom is 0.305 e. The average Bonchev–Trinajstić information content (AvgIpc) is 1.83. The molecular weight excluding hydrogens is 1350 g/mol. The molecule has 0 unspecified atom stereocenters. The fourth-order valence-electron chi connectivity index (χ4n) is 8.73. The molecule has 8 heterocycles. The van der Waals surface area contributed by atoms with Gasteiger partial charge < -0.3 is 54.3 Å². The van der Waals surface area contributed by atoms with Crippen LogP contribution in [0.25, 0.3) is 0 Å². The summed E-state index contributed by atoms with van der Waals surface area (Å²) in [7, 11) is 4.27. The van der Waals surface area contributed by atoms with Crippen molar-refractivity contribution in [2.75, 3.05) is 125 Å². The van der Waals surface area contributed by atoms with E-state index in [1.807, 2.05) is 39.8 Å². The van der Waals surface area contributed by atoms with Crippen molar-refractivity contribution in [1.82, 2.24) is 62.8 Å². The number of hydroxylamine groups is 1. The molecule has 2 fully saturated rings. The first kappa shape index (κ1) is 84.8. The molecule has 0 bridgehead atoms. The van der Waals surface area contributed by atoms with E-state index in [1.165, 1.54) is 67.5 Å². The zero-order chi connectivity index (χ0) is 67.3. The molecule has 0 saturated carbocycles. The topological polar surface area (TPSA) is 352 Å². The highest BCUT2D eigenvalue weighted by Gasteiger charge is 2.21. The largest absolute Gasteiger partial charge is 0.469 e. The van der Waals surface area contributed by atoms with Crippen LogP contribution in [0.3, 0.4) is 0 Å². The Morgan fingerprint density at radius 2 is 0.937 bits per heavy atom. The van der Waals surface area contributed by atoms with E-state index in [4.69, 9.17) is 42.0 Å². The van der Waals surface area contributed by atoms with Crippen LogP contribution in [0, 0.1) is 27.7 Å². The molecule has 35 heteroatoms. The summed E-state index contributed by atoms with van der Waals surface area (Å²) in [5.41, 5.74) is 6.97. The average molecular weight is 1450 g/mol. The molecule has 6 aromatic heterocycles. The molecule has 6 aromatic rings. The number of rotatable bonds is 34. The van der Waals surface area contributed by atoms with Crippen molar-refractivity contribution in [3.8, 4) is 0 Å². The number of ether oxygens (including phenoxy) is 5. The van der Waals surface area contributed by atoms with E-state index in [1.54, 1.807) is 17.9 Å². The van der Waals surface area contributed by atoms with Crippen LogP contribution in [-0.2, 0) is 42.9 Å². The second-order valence-electron chi connectivity index (χ2n) is 21.1. The smallest absolute Gasteiger partial charge is 0.305 e. The number of methoxy groups -OCH3 is 3. The summed E-state index contributed by atoms with van der Waals surface area (Å²) in [6.45, 7) is 16.6. The predicted octanol–water partition coefficient (Wildman–Crippen LogP) is 10.8. The minimum Gasteiger partial charge on any atom is -0.469 e. The van der Waals surface area contributed by atoms with Crippen LogP contribution in [0.1, 0.15) is 159 Å². The zero-order valence-electron chi connectivity index (χ0n) is 55.2. The number of hydrogen-bond acceptors (Lipinski definition) is 32. The lowest BCUT2D eigenvalue weighted by molar-refractivity contribution is -0.141. The number of amides is 1. The summed E-state index contributed by atoms with van der Waals surface area (Å²) in [5.74, 6) is 5.39. The van der Waals surface area contributed by atoms with E-state index in [2.05, 4.69) is 86.5 Å². The van der Waals surface area contributed by atoms with Gasteiger partial charge in [-0.25, -0.2) is 35.4 Å². The van der Waals surface area contributed by atoms with Gasteiger partial charge >= 0.3 is 17.9 Å². The van der Waals surface area contributed by atoms with Gasteiger partial charge in [0.25, 0.3) is 0 Å². The van der Waals surface area contributed by atoms with E-state index in [0.29, 0.717) is 62.5 Å². The van der Waals surface area contributed by atoms with Crippen LogP contribution in [0.4, 0.5) is 38.9 Å². The fraction of sp³-hybridized carbons (Fsp3) is 0.667. The van der Waals surface area contributed by atoms with Crippen molar-refractivity contribution in [1.29, 1.82) is 0 Å². The van der Waals surface area contributed by atoms with Gasteiger partial charge in [0.1, 0.15) is 34.9 Å². The standard InChI is InChI=1S/C19H28N6O3S.C18H27N7O3S.C11H19N3O2S.C8H17NO2.C3H3ClN2S.CH4.ClH/c1-15-21-19(29-23-15)25(10-6-4-3-5-7-17(26)27-2)16-8-9-20-18(22-16)24-11-13-28-14-12-24;1-14-20-18(29-23-14)25(9-5-3-2-4-6-16(26)22-27)15-7-8-19-17(21-15)24-10-12-28-13-11-24;1-9-13-11(17-14-9)12-8-6-4-3-5-7-10(15)16-2;1-11-8(10)6-4-2-3-5-7-9;1-2-5-3(4)7-6-2;;/h8-9H,3-7,10-14H2,1-2H3;7-8,27H,2-6,9-13H2,1H3,(H,22,26);3-8H2,1-2H3,(H,12,13,14);2-7,9H2,1H3;1H3;1H4;1H. The van der Waals surface area contributed by atoms with Crippen LogP contribution in [0.5, 0.6) is 0 Å². The van der Waals surface area contributed by atoms with E-state index < -0.39 is 0 Å². The van der Waals surface area contributed by atoms with Gasteiger partial charge in [-0.15, -0.1) is 12.4 Å². The molecule has 0 atom stereocenters. The number of aryl methyl sites for hydroxylation is 4. The van der Waals surface area contributed by atoms with Gasteiger partial charge in [0.2, 0.25) is 37.7 Å². The van der Waals surface area contributed by atoms with Crippen molar-refractivity contribution in [3.63, 3.8) is 0 Å². The monoisotopic (exact) mass is 1440 g/mol. The van der Waals surface area contributed by atoms with Crippen molar-refractivity contribution in [3.05, 3.63) is 52.3 Å². The second kappa shape index (κ2) is 51.9. The predicted molar refractivity (Wildman–Crippen MR) is 378 cm³/mol. The van der Waals surface area contributed by atoms with Crippen LogP contribution in [0.15, 0.2) is 24.5 Å². The molecule has 2 aliphatic heterocycles. The van der Waals surface area contributed by atoms with Gasteiger partial charge in [-0.2, -0.15) is 27.5 Å². The third-order valence-electron chi connectivity index (χ3n) is 13.7. The summed E-state index contributed by atoms with van der Waals surface area (Å²) in [6.07, 6.45) is 21.2. The van der Waals surface area contributed by atoms with Crippen molar-refractivity contribution < 1.29 is 48.1 Å². The first-order valence-corrected chi connectivity index (χ1v) is 34.9. The number of esters is 3. The third-order valence-corrected chi connectivity index (χ3v) is 17.0. The Morgan fingerprint density at radius 3 is 1.29 bits per heavy atom. The highest BCUT2D eigenvalue weighted by molar-refractivity contribution is 7.10. The summed E-state index contributed by atoms with van der Waals surface area (Å²) in [4.78, 5) is 87.7. The molecule has 1 amide bonds. The SMILES string of the molecule is C.COC(=O)CCCCCCN.COC(=O)CCCCCCN(c1ccnc(N2CCOCC2)n1)c1nc(C)ns1.COC(=O)CCCCCCNc1nc(C)ns1.Cc1nsc(Cl)n1.Cc1nsc(N(CCCCCCC(=O)NO)c2ccnc(N3CCOCC3)n2)n1.Cl. The Hall–Kier alpha value is -6.30. The second-order valence-corrected chi connectivity index (χ2v) is 24.6. The minimum atomic E-state index is -0.340. The summed E-state index contributed by atoms with van der Waals surface area (Å²) in [5, 5.41) is 14.3. The molecule has 5 N–H and O–H groups in total. The lowest BCUT2D eigenvalue weighted by Gasteiger charge is -2.28. The highest BCUT2D eigenvalue weighted by atomic mass is 35.5. The fourth-order valence-corrected chi connectivity index (χ4v) is 11.4. The van der Waals surface area contributed by atoms with Gasteiger partial charge in [-0.05, 0) is 121 Å². The van der Waals surface area contributed by atoms with Crippen molar-refractivity contribution in [2.24, 2.45) is 5.73 Å². The van der Waals surface area contributed by atoms with Crippen molar-refractivity contribution >= 4 is 133 Å². The highest BCUT2D eigenvalue weighted by Crippen LogP contribution is 2.29. The van der Waals surface area contributed by atoms with E-state index in [9.17, 15) is 19.2 Å².